The minimum absolute atomic E-state index is 0.0466. The number of methoxy groups -OCH3 is 1. The minimum Gasteiger partial charge on any atom is -0.497 e. The first-order chi connectivity index (χ1) is 13.2. The molecule has 28 heavy (non-hydrogen) atoms. The fourth-order valence-electron chi connectivity index (χ4n) is 2.54. The van der Waals surface area contributed by atoms with E-state index in [0.29, 0.717) is 17.5 Å². The van der Waals surface area contributed by atoms with Gasteiger partial charge in [-0.15, -0.1) is 11.3 Å². The van der Waals surface area contributed by atoms with Gasteiger partial charge in [0.15, 0.2) is 11.7 Å². The van der Waals surface area contributed by atoms with Crippen molar-refractivity contribution in [2.75, 3.05) is 34.8 Å². The second kappa shape index (κ2) is 9.74. The molecule has 0 aliphatic heterocycles. The zero-order valence-corrected chi connectivity index (χ0v) is 17.0. The van der Waals surface area contributed by atoms with E-state index in [2.05, 4.69) is 25.5 Å². The molecular weight excluding hydrogens is 391 g/mol. The number of aromatic nitrogens is 1. The Morgan fingerprint density at radius 2 is 2.07 bits per heavy atom. The molecule has 1 heterocycles. The number of nitrogens with zero attached hydrogens (tertiary/aromatic N) is 3. The lowest BCUT2D eigenvalue weighted by Gasteiger charge is -2.26. The van der Waals surface area contributed by atoms with Crippen molar-refractivity contribution in [3.05, 3.63) is 45.9 Å². The van der Waals surface area contributed by atoms with Crippen LogP contribution in [0.25, 0.3) is 0 Å². The van der Waals surface area contributed by atoms with Crippen molar-refractivity contribution >= 4 is 17.3 Å². The van der Waals surface area contributed by atoms with Crippen LogP contribution in [0, 0.1) is 0 Å². The maximum atomic E-state index is 12.6. The van der Waals surface area contributed by atoms with Crippen molar-refractivity contribution in [1.29, 1.82) is 0 Å². The van der Waals surface area contributed by atoms with E-state index in [-0.39, 0.29) is 12.6 Å². The smallest absolute Gasteiger partial charge is 0.434 e. The van der Waals surface area contributed by atoms with Gasteiger partial charge in [0, 0.05) is 19.0 Å². The van der Waals surface area contributed by atoms with Gasteiger partial charge in [0.1, 0.15) is 10.8 Å². The van der Waals surface area contributed by atoms with Gasteiger partial charge in [0.25, 0.3) is 0 Å². The quantitative estimate of drug-likeness (QED) is 0.537. The van der Waals surface area contributed by atoms with Crippen molar-refractivity contribution in [2.45, 2.75) is 18.8 Å². The molecule has 10 heteroatoms. The van der Waals surface area contributed by atoms with Crippen LogP contribution in [0.1, 0.15) is 22.3 Å². The number of ether oxygens (including phenoxy) is 1. The Labute approximate surface area is 166 Å². The average Bonchev–Trinajstić information content (AvgIpc) is 3.14. The second-order valence-electron chi connectivity index (χ2n) is 6.19. The largest absolute Gasteiger partial charge is 0.497 e. The highest BCUT2D eigenvalue weighted by Crippen LogP contribution is 2.30. The van der Waals surface area contributed by atoms with Crippen LogP contribution < -0.4 is 15.4 Å². The standard InChI is InChI=1S/C18H24F3N5OS/c1-22-17(24-10-16-25-15(11-28-16)18(19,20)21)23-9-14(26(2)3)12-6-5-7-13(8-12)27-4/h5-8,11,14H,9-10H2,1-4H3,(H2,22,23,24). The average molecular weight is 415 g/mol. The number of likely N-dealkylation sites (N-methyl/N-ethyl adjacent to an activating group) is 1. The fourth-order valence-corrected chi connectivity index (χ4v) is 3.28. The van der Waals surface area contributed by atoms with Crippen molar-refractivity contribution in [1.82, 2.24) is 20.5 Å². The van der Waals surface area contributed by atoms with Gasteiger partial charge in [-0.25, -0.2) is 4.98 Å². The van der Waals surface area contributed by atoms with Crippen molar-refractivity contribution in [3.63, 3.8) is 0 Å². The number of rotatable bonds is 7. The number of nitrogens with one attached hydrogen (secondary N) is 2. The second-order valence-corrected chi connectivity index (χ2v) is 7.13. The molecule has 0 fully saturated rings. The lowest BCUT2D eigenvalue weighted by molar-refractivity contribution is -0.140. The fraction of sp³-hybridized carbons (Fsp3) is 0.444. The molecule has 0 aliphatic carbocycles. The molecule has 0 amide bonds. The van der Waals surface area contributed by atoms with E-state index >= 15 is 0 Å². The zero-order chi connectivity index (χ0) is 20.7. The Balaban J connectivity index is 1.96. The maximum absolute atomic E-state index is 12.6. The molecule has 0 spiro atoms. The first kappa shape index (κ1) is 22.0. The molecule has 0 radical (unpaired) electrons. The lowest BCUT2D eigenvalue weighted by atomic mass is 10.1. The van der Waals surface area contributed by atoms with Crippen molar-refractivity contribution in [2.24, 2.45) is 4.99 Å². The molecular formula is C18H24F3N5OS. The van der Waals surface area contributed by atoms with Crippen LogP contribution >= 0.6 is 11.3 Å². The number of alkyl halides is 3. The molecule has 0 saturated carbocycles. The Morgan fingerprint density at radius 3 is 2.64 bits per heavy atom. The third-order valence-corrected chi connectivity index (χ3v) is 4.89. The molecule has 1 aromatic carbocycles. The predicted octanol–water partition coefficient (Wildman–Crippen LogP) is 3.14. The number of hydrogen-bond donors (Lipinski definition) is 2. The third kappa shape index (κ3) is 6.10. The van der Waals surface area contributed by atoms with E-state index in [0.717, 1.165) is 28.0 Å². The van der Waals surface area contributed by atoms with Gasteiger partial charge in [-0.3, -0.25) is 4.99 Å². The topological polar surface area (TPSA) is 61.8 Å². The highest BCUT2D eigenvalue weighted by Gasteiger charge is 2.33. The molecule has 0 aliphatic rings. The number of halogens is 3. The molecule has 6 nitrogen and oxygen atoms in total. The summed E-state index contributed by atoms with van der Waals surface area (Å²) in [5, 5.41) is 7.55. The highest BCUT2D eigenvalue weighted by atomic mass is 32.1. The summed E-state index contributed by atoms with van der Waals surface area (Å²) in [6.45, 7) is 0.706. The molecule has 154 valence electrons. The first-order valence-electron chi connectivity index (χ1n) is 8.51. The summed E-state index contributed by atoms with van der Waals surface area (Å²) in [5.41, 5.74) is 0.199. The first-order valence-corrected chi connectivity index (χ1v) is 9.39. The Hall–Kier alpha value is -2.33. The lowest BCUT2D eigenvalue weighted by Crippen LogP contribution is -2.41. The molecule has 2 N–H and O–H groups in total. The summed E-state index contributed by atoms with van der Waals surface area (Å²) in [6.07, 6.45) is -4.43. The van der Waals surface area contributed by atoms with Gasteiger partial charge in [0.05, 0.1) is 19.7 Å². The molecule has 0 bridgehead atoms. The van der Waals surface area contributed by atoms with Gasteiger partial charge < -0.3 is 20.3 Å². The van der Waals surface area contributed by atoms with Crippen LogP contribution in [0.3, 0.4) is 0 Å². The summed E-state index contributed by atoms with van der Waals surface area (Å²) in [6, 6.07) is 7.84. The number of hydrogen-bond acceptors (Lipinski definition) is 5. The van der Waals surface area contributed by atoms with Crippen LogP contribution in [0.5, 0.6) is 5.75 Å². The molecule has 1 aromatic heterocycles. The summed E-state index contributed by atoms with van der Waals surface area (Å²) >= 11 is 0.961. The van der Waals surface area contributed by atoms with Crippen LogP contribution in [0.15, 0.2) is 34.6 Å². The molecule has 0 saturated heterocycles. The summed E-state index contributed by atoms with van der Waals surface area (Å²) in [4.78, 5) is 9.79. The molecule has 1 unspecified atom stereocenters. The normalized spacial score (nSPS) is 13.5. The SMILES string of the molecule is CN=C(NCc1nc(C(F)(F)F)cs1)NCC(c1cccc(OC)c1)N(C)C. The Kier molecular flexibility index (Phi) is 7.64. The molecule has 1 atom stereocenters. The van der Waals surface area contributed by atoms with Crippen LogP contribution in [0.2, 0.25) is 0 Å². The van der Waals surface area contributed by atoms with E-state index in [1.54, 1.807) is 14.2 Å². The van der Waals surface area contributed by atoms with Crippen LogP contribution in [-0.4, -0.2) is 50.6 Å². The monoisotopic (exact) mass is 415 g/mol. The van der Waals surface area contributed by atoms with E-state index < -0.39 is 11.9 Å². The summed E-state index contributed by atoms with van der Waals surface area (Å²) in [5.74, 6) is 1.26. The number of aliphatic imine (C=N–C) groups is 1. The maximum Gasteiger partial charge on any atom is 0.434 e. The Morgan fingerprint density at radius 1 is 1.32 bits per heavy atom. The van der Waals surface area contributed by atoms with Crippen LogP contribution in [0.4, 0.5) is 13.2 Å². The third-order valence-electron chi connectivity index (χ3n) is 4.04. The van der Waals surface area contributed by atoms with Gasteiger partial charge >= 0.3 is 6.18 Å². The number of guanidine groups is 1. The van der Waals surface area contributed by atoms with Crippen molar-refractivity contribution < 1.29 is 17.9 Å². The van der Waals surface area contributed by atoms with E-state index in [1.807, 2.05) is 38.4 Å². The number of thiazole rings is 1. The highest BCUT2D eigenvalue weighted by molar-refractivity contribution is 7.09. The molecule has 2 aromatic rings. The van der Waals surface area contributed by atoms with E-state index in [9.17, 15) is 13.2 Å². The van der Waals surface area contributed by atoms with Crippen LogP contribution in [-0.2, 0) is 12.7 Å². The summed E-state index contributed by atoms with van der Waals surface area (Å²) in [7, 11) is 7.16. The van der Waals surface area contributed by atoms with E-state index in [4.69, 9.17) is 4.74 Å². The minimum atomic E-state index is -4.43. The Bertz CT molecular complexity index is 792. The van der Waals surface area contributed by atoms with Gasteiger partial charge in [-0.1, -0.05) is 12.1 Å². The zero-order valence-electron chi connectivity index (χ0n) is 16.2. The van der Waals surface area contributed by atoms with E-state index in [1.165, 1.54) is 0 Å². The molecule has 2 rings (SSSR count). The number of benzene rings is 1. The predicted molar refractivity (Wildman–Crippen MR) is 105 cm³/mol. The van der Waals surface area contributed by atoms with Gasteiger partial charge in [-0.05, 0) is 31.8 Å². The van der Waals surface area contributed by atoms with Gasteiger partial charge in [0.2, 0.25) is 0 Å². The van der Waals surface area contributed by atoms with Gasteiger partial charge in [-0.2, -0.15) is 13.2 Å². The summed E-state index contributed by atoms with van der Waals surface area (Å²) < 4.78 is 43.2. The van der Waals surface area contributed by atoms with Crippen molar-refractivity contribution in [3.8, 4) is 5.75 Å².